The van der Waals surface area contributed by atoms with Gasteiger partial charge >= 0.3 is 0 Å². The van der Waals surface area contributed by atoms with Crippen LogP contribution in [0.1, 0.15) is 0 Å². The summed E-state index contributed by atoms with van der Waals surface area (Å²) < 4.78 is 7.24. The van der Waals surface area contributed by atoms with Crippen molar-refractivity contribution in [3.05, 3.63) is 473 Å². The van der Waals surface area contributed by atoms with Crippen molar-refractivity contribution in [2.45, 2.75) is 0 Å². The van der Waals surface area contributed by atoms with Gasteiger partial charge in [0.15, 0.2) is 52.4 Å². The van der Waals surface area contributed by atoms with Crippen LogP contribution in [-0.2, 0) is 0 Å². The predicted molar refractivity (Wildman–Crippen MR) is 556 cm³/mol. The molecule has 0 aliphatic carbocycles. The predicted octanol–water partition coefficient (Wildman–Crippen LogP) is 30.8. The summed E-state index contributed by atoms with van der Waals surface area (Å²) in [5.74, 6) is 5.88. The van der Waals surface area contributed by atoms with Crippen LogP contribution in [0.2, 0.25) is 0 Å². The van der Waals surface area contributed by atoms with Gasteiger partial charge in [0.25, 0.3) is 0 Å². The summed E-state index contributed by atoms with van der Waals surface area (Å²) in [4.78, 5) is 44.2. The normalized spacial score (nSPS) is 11.6. The summed E-state index contributed by atoms with van der Waals surface area (Å²) in [5, 5.41) is 22.3. The summed E-state index contributed by atoms with van der Waals surface area (Å²) in [6, 6.07) is 165. The summed E-state index contributed by atoms with van der Waals surface area (Å²) in [7, 11) is 0. The second-order valence-electron chi connectivity index (χ2n) is 33.9. The topological polar surface area (TPSA) is 131 Å². The summed E-state index contributed by atoms with van der Waals surface area (Å²) in [6.45, 7) is 0. The summed E-state index contributed by atoms with van der Waals surface area (Å²) in [6.07, 6.45) is 0. The average Bonchev–Trinajstić information content (AvgIpc) is 1.57. The molecule has 0 spiro atoms. The van der Waals surface area contributed by atoms with Gasteiger partial charge in [0, 0.05) is 121 Å². The Morgan fingerprint density at radius 3 is 0.659 bits per heavy atom. The maximum atomic E-state index is 4.94. The second-order valence-corrected chi connectivity index (χ2v) is 33.9. The van der Waals surface area contributed by atoms with Crippen molar-refractivity contribution in [3.8, 4) is 120 Å². The number of benzene rings is 21. The van der Waals surface area contributed by atoms with Crippen LogP contribution in [0.25, 0.3) is 250 Å². The van der Waals surface area contributed by atoms with Crippen LogP contribution in [0.5, 0.6) is 0 Å². The lowest BCUT2D eigenvalue weighted by Gasteiger charge is -2.12. The molecule has 0 radical (unpaired) electrons. The molecule has 27 aromatic rings. The molecule has 0 saturated carbocycles. The van der Waals surface area contributed by atoms with E-state index in [2.05, 4.69) is 305 Å². The van der Waals surface area contributed by atoms with Crippen molar-refractivity contribution in [2.24, 2.45) is 0 Å². The molecular formula is C123H78N12. The van der Waals surface area contributed by atoms with Gasteiger partial charge in [0.1, 0.15) is 0 Å². The van der Waals surface area contributed by atoms with Crippen LogP contribution >= 0.6 is 0 Å². The van der Waals surface area contributed by atoms with E-state index in [1.54, 1.807) is 0 Å². The van der Waals surface area contributed by atoms with E-state index < -0.39 is 0 Å². The Bertz CT molecular complexity index is 8730. The lowest BCUT2D eigenvalue weighted by molar-refractivity contribution is 1.07. The lowest BCUT2D eigenvalue weighted by Crippen LogP contribution is -2.00. The monoisotopic (exact) mass is 1720 g/mol. The zero-order valence-corrected chi connectivity index (χ0v) is 72.9. The van der Waals surface area contributed by atoms with Gasteiger partial charge in [0.2, 0.25) is 0 Å². The molecule has 630 valence electrons. The molecule has 21 aromatic carbocycles. The van der Waals surface area contributed by atoms with Crippen LogP contribution in [0.15, 0.2) is 473 Å². The van der Waals surface area contributed by atoms with E-state index in [9.17, 15) is 0 Å². The van der Waals surface area contributed by atoms with Gasteiger partial charge in [-0.3, -0.25) is 0 Å². The summed E-state index contributed by atoms with van der Waals surface area (Å²) >= 11 is 0. The van der Waals surface area contributed by atoms with Gasteiger partial charge in [-0.2, -0.15) is 0 Å². The lowest BCUT2D eigenvalue weighted by atomic mass is 10.0. The van der Waals surface area contributed by atoms with Crippen molar-refractivity contribution >= 4 is 130 Å². The number of rotatable bonds is 12. The van der Waals surface area contributed by atoms with Gasteiger partial charge in [-0.05, 0) is 134 Å². The van der Waals surface area contributed by atoms with Crippen molar-refractivity contribution in [1.29, 1.82) is 0 Å². The maximum absolute atomic E-state index is 4.94. The van der Waals surface area contributed by atoms with Gasteiger partial charge in [0.05, 0.1) is 33.1 Å². The third-order valence-electron chi connectivity index (χ3n) is 25.8. The Hall–Kier alpha value is -18.4. The minimum Gasteiger partial charge on any atom is -0.309 e. The average molecular weight is 1720 g/mol. The first kappa shape index (κ1) is 78.8. The van der Waals surface area contributed by atoms with Crippen molar-refractivity contribution < 1.29 is 0 Å². The van der Waals surface area contributed by atoms with E-state index in [1.807, 2.05) is 182 Å². The van der Waals surface area contributed by atoms with E-state index in [0.717, 1.165) is 67.1 Å². The molecule has 6 aromatic heterocycles. The standard InChI is InChI=1S/3C41H26N4/c1-3-13-29(14-4-1)39-42-40(30-15-5-2-6-16-30)44-41(43-39)31-19-23-32(24-20-31)45-36-26-22-27-11-7-9-17-33(27)37(36)35-25-21-28-12-8-10-18-34(28)38(35)45;1-3-13-29(14-4-1)39-42-40(30-15-5-2-6-16-30)44-41(43-39)31-19-23-32(24-20-31)45-37-33-17-9-7-11-27(33)21-25-35(37)36-26-22-28-12-8-10-18-34(28)38(36)45;1-3-12-28(13-4-1)39-42-40(29-14-5-2-6-15-29)44-41(43-39)30-19-22-33(23-20-30)45-37-26-32-17-8-7-16-31(32)25-36(37)35-24-21-27-11-9-10-18-34(27)38(35)45/h3*1-26H. The van der Waals surface area contributed by atoms with Crippen LogP contribution in [0.3, 0.4) is 0 Å². The molecule has 0 fully saturated rings. The minimum absolute atomic E-state index is 0.646. The van der Waals surface area contributed by atoms with Crippen molar-refractivity contribution in [2.75, 3.05) is 0 Å². The SMILES string of the molecule is c1ccc(-c2nc(-c3ccccc3)nc(-c3ccc(-n4c5c6ccccc6ccc5c5ccc6ccccc6c54)cc3)n2)cc1.c1ccc(-c2nc(-c3ccccc3)nc(-c3ccc(-n4c5cc6ccccc6cc5c5ccc6ccccc6c54)cc3)n2)cc1.c1ccc(-c2nc(-c3ccccc3)nc(-c3ccc(-n4c5ccc6ccccc6c5c5ccc6ccccc6c54)cc3)n2)cc1. The highest BCUT2D eigenvalue weighted by molar-refractivity contribution is 6.27. The number of hydrogen-bond acceptors (Lipinski definition) is 9. The van der Waals surface area contributed by atoms with Gasteiger partial charge in [-0.15, -0.1) is 0 Å². The number of aromatic nitrogens is 12. The molecule has 0 saturated heterocycles. The van der Waals surface area contributed by atoms with E-state index in [-0.39, 0.29) is 0 Å². The highest BCUT2D eigenvalue weighted by atomic mass is 15.1. The fraction of sp³-hybridized carbons (Fsp3) is 0. The fourth-order valence-corrected chi connectivity index (χ4v) is 19.4. The molecule has 0 aliphatic rings. The highest BCUT2D eigenvalue weighted by Gasteiger charge is 2.24. The zero-order chi connectivity index (χ0) is 89.2. The molecule has 0 unspecified atom stereocenters. The number of nitrogens with zero attached hydrogens (tertiary/aromatic N) is 12. The van der Waals surface area contributed by atoms with Gasteiger partial charge in [-0.1, -0.05) is 382 Å². The molecule has 135 heavy (non-hydrogen) atoms. The minimum atomic E-state index is 0.646. The molecule has 12 nitrogen and oxygen atoms in total. The van der Waals surface area contributed by atoms with Crippen LogP contribution < -0.4 is 0 Å². The fourth-order valence-electron chi connectivity index (χ4n) is 19.4. The third-order valence-corrected chi connectivity index (χ3v) is 25.8. The Kier molecular flexibility index (Phi) is 19.6. The van der Waals surface area contributed by atoms with Crippen LogP contribution in [0, 0.1) is 0 Å². The third kappa shape index (κ3) is 14.3. The van der Waals surface area contributed by atoms with Gasteiger partial charge < -0.3 is 13.7 Å². The number of hydrogen-bond donors (Lipinski definition) is 0. The van der Waals surface area contributed by atoms with E-state index in [4.69, 9.17) is 44.9 Å². The Labute approximate surface area is 776 Å². The van der Waals surface area contributed by atoms with E-state index in [0.29, 0.717) is 52.4 Å². The second kappa shape index (κ2) is 33.6. The van der Waals surface area contributed by atoms with Crippen molar-refractivity contribution in [1.82, 2.24) is 58.6 Å². The smallest absolute Gasteiger partial charge is 0.164 e. The first-order valence-corrected chi connectivity index (χ1v) is 45.4. The molecular weight excluding hydrogens is 1650 g/mol. The van der Waals surface area contributed by atoms with Crippen molar-refractivity contribution in [3.63, 3.8) is 0 Å². The number of fused-ring (bicyclic) bond motifs is 20. The Morgan fingerprint density at radius 2 is 0.341 bits per heavy atom. The molecule has 6 heterocycles. The van der Waals surface area contributed by atoms with Crippen LogP contribution in [0.4, 0.5) is 0 Å². The Morgan fingerprint density at radius 1 is 0.126 bits per heavy atom. The van der Waals surface area contributed by atoms with E-state index in [1.165, 1.54) is 130 Å². The molecule has 27 rings (SSSR count). The molecule has 0 aliphatic heterocycles. The molecule has 0 amide bonds. The van der Waals surface area contributed by atoms with E-state index >= 15 is 0 Å². The zero-order valence-electron chi connectivity index (χ0n) is 72.9. The van der Waals surface area contributed by atoms with Gasteiger partial charge in [-0.25, -0.2) is 44.9 Å². The first-order valence-electron chi connectivity index (χ1n) is 45.4. The maximum Gasteiger partial charge on any atom is 0.164 e. The molecule has 0 atom stereocenters. The summed E-state index contributed by atoms with van der Waals surface area (Å²) in [5.41, 5.74) is 19.0. The highest BCUT2D eigenvalue weighted by Crippen LogP contribution is 2.45. The van der Waals surface area contributed by atoms with Crippen LogP contribution in [-0.4, -0.2) is 58.6 Å². The molecule has 0 N–H and O–H groups in total. The Balaban J connectivity index is 0.000000108. The molecule has 0 bridgehead atoms. The quantitative estimate of drug-likeness (QED) is 0.117. The first-order chi connectivity index (χ1) is 66.9. The largest absolute Gasteiger partial charge is 0.309 e. The molecule has 12 heteroatoms.